The van der Waals surface area contributed by atoms with Gasteiger partial charge in [0.25, 0.3) is 11.7 Å². The van der Waals surface area contributed by atoms with Crippen LogP contribution in [0.2, 0.25) is 0 Å². The molecule has 0 bridgehead atoms. The number of Topliss-reactive ketones (excluding diaryl/α,β-unsaturated/α-hetero) is 1. The average Bonchev–Trinajstić information content (AvgIpc) is 3.06. The highest BCUT2D eigenvalue weighted by atomic mass is 16.6. The number of carbonyl (C=O) groups excluding carboxylic acids is 2. The minimum atomic E-state index is -0.755. The number of aliphatic hydroxyl groups is 1. The van der Waals surface area contributed by atoms with Crippen molar-refractivity contribution in [3.63, 3.8) is 0 Å². The number of ketones is 1. The first-order chi connectivity index (χ1) is 15.0. The summed E-state index contributed by atoms with van der Waals surface area (Å²) in [4.78, 5) is 27.2. The van der Waals surface area contributed by atoms with Crippen molar-refractivity contribution in [2.45, 2.75) is 6.04 Å². The van der Waals surface area contributed by atoms with Gasteiger partial charge in [-0.05, 0) is 35.9 Å². The largest absolute Gasteiger partial charge is 0.507 e. The SMILES string of the molecule is COCCN1C(=O)C(=O)C(=C(O)c2ccc3c(c2)OCCO3)[C@@H]1c1ccc(OC)cc1. The molecule has 4 rings (SSSR count). The van der Waals surface area contributed by atoms with Crippen LogP contribution in [0.25, 0.3) is 5.76 Å². The predicted molar refractivity (Wildman–Crippen MR) is 111 cm³/mol. The van der Waals surface area contributed by atoms with Crippen molar-refractivity contribution in [2.75, 3.05) is 40.6 Å². The fourth-order valence-electron chi connectivity index (χ4n) is 3.78. The van der Waals surface area contributed by atoms with E-state index in [4.69, 9.17) is 18.9 Å². The molecule has 8 nitrogen and oxygen atoms in total. The fraction of sp³-hybridized carbons (Fsp3) is 0.304. The van der Waals surface area contributed by atoms with E-state index in [9.17, 15) is 14.7 Å². The quantitative estimate of drug-likeness (QED) is 0.432. The van der Waals surface area contributed by atoms with E-state index < -0.39 is 17.7 Å². The summed E-state index contributed by atoms with van der Waals surface area (Å²) in [6, 6.07) is 11.2. The van der Waals surface area contributed by atoms with Gasteiger partial charge in [-0.25, -0.2) is 0 Å². The third-order valence-corrected chi connectivity index (χ3v) is 5.32. The minimum absolute atomic E-state index is 0.0166. The molecule has 2 aromatic carbocycles. The summed E-state index contributed by atoms with van der Waals surface area (Å²) in [5.74, 6) is -0.0123. The second kappa shape index (κ2) is 8.69. The number of ether oxygens (including phenoxy) is 4. The number of benzene rings is 2. The molecule has 1 saturated heterocycles. The summed E-state index contributed by atoms with van der Waals surface area (Å²) in [6.45, 7) is 1.30. The molecule has 1 N–H and O–H groups in total. The molecule has 0 unspecified atom stereocenters. The lowest BCUT2D eigenvalue weighted by molar-refractivity contribution is -0.140. The van der Waals surface area contributed by atoms with Crippen molar-refractivity contribution in [3.8, 4) is 17.2 Å². The molecular weight excluding hydrogens is 402 g/mol. The Bertz CT molecular complexity index is 1030. The molecule has 162 valence electrons. The molecule has 31 heavy (non-hydrogen) atoms. The van der Waals surface area contributed by atoms with Gasteiger partial charge in [0, 0.05) is 19.2 Å². The van der Waals surface area contributed by atoms with Crippen LogP contribution in [0.5, 0.6) is 17.2 Å². The Balaban J connectivity index is 1.81. The maximum absolute atomic E-state index is 13.0. The van der Waals surface area contributed by atoms with Crippen molar-refractivity contribution in [1.82, 2.24) is 4.90 Å². The van der Waals surface area contributed by atoms with Gasteiger partial charge in [-0.2, -0.15) is 0 Å². The smallest absolute Gasteiger partial charge is 0.295 e. The zero-order valence-electron chi connectivity index (χ0n) is 17.3. The number of hydrogen-bond donors (Lipinski definition) is 1. The van der Waals surface area contributed by atoms with E-state index >= 15 is 0 Å². The van der Waals surface area contributed by atoms with Crippen molar-refractivity contribution in [1.29, 1.82) is 0 Å². The number of amides is 1. The molecule has 8 heteroatoms. The Morgan fingerprint density at radius 2 is 1.77 bits per heavy atom. The van der Waals surface area contributed by atoms with E-state index in [0.29, 0.717) is 41.6 Å². The molecule has 2 aliphatic rings. The molecule has 0 spiro atoms. The molecule has 0 saturated carbocycles. The van der Waals surface area contributed by atoms with Gasteiger partial charge in [-0.3, -0.25) is 9.59 Å². The van der Waals surface area contributed by atoms with Crippen molar-refractivity contribution in [2.24, 2.45) is 0 Å². The normalized spacial score (nSPS) is 19.5. The van der Waals surface area contributed by atoms with E-state index in [1.807, 2.05) is 0 Å². The standard InChI is InChI=1S/C23H23NO7/c1-28-10-9-24-20(14-3-6-16(29-2)7-4-14)19(22(26)23(24)27)21(25)15-5-8-17-18(13-15)31-12-11-30-17/h3-8,13,20,25H,9-12H2,1-2H3/t20-/m0/s1. The zero-order chi connectivity index (χ0) is 22.0. The number of nitrogens with zero attached hydrogens (tertiary/aromatic N) is 1. The molecule has 2 aromatic rings. The van der Waals surface area contributed by atoms with Gasteiger partial charge in [0.1, 0.15) is 24.7 Å². The molecule has 1 fully saturated rings. The van der Waals surface area contributed by atoms with Crippen LogP contribution in [0.3, 0.4) is 0 Å². The number of methoxy groups -OCH3 is 2. The van der Waals surface area contributed by atoms with Crippen LogP contribution in [0.1, 0.15) is 17.2 Å². The lowest BCUT2D eigenvalue weighted by atomic mass is 9.95. The Kier molecular flexibility index (Phi) is 5.81. The second-order valence-electron chi connectivity index (χ2n) is 7.12. The van der Waals surface area contributed by atoms with E-state index in [2.05, 4.69) is 0 Å². The summed E-state index contributed by atoms with van der Waals surface area (Å²) in [6.07, 6.45) is 0. The number of aliphatic hydroxyl groups excluding tert-OH is 1. The molecule has 2 heterocycles. The molecule has 0 aliphatic carbocycles. The monoisotopic (exact) mass is 425 g/mol. The average molecular weight is 425 g/mol. The van der Waals surface area contributed by atoms with Crippen LogP contribution in [-0.4, -0.2) is 62.3 Å². The Hall–Kier alpha value is -3.52. The van der Waals surface area contributed by atoms with Crippen LogP contribution in [0.15, 0.2) is 48.0 Å². The first-order valence-electron chi connectivity index (χ1n) is 9.86. The first-order valence-corrected chi connectivity index (χ1v) is 9.86. The number of rotatable bonds is 6. The maximum atomic E-state index is 13.0. The minimum Gasteiger partial charge on any atom is -0.507 e. The van der Waals surface area contributed by atoms with Crippen LogP contribution < -0.4 is 14.2 Å². The Morgan fingerprint density at radius 3 is 2.45 bits per heavy atom. The van der Waals surface area contributed by atoms with Crippen LogP contribution in [-0.2, 0) is 14.3 Å². The summed E-state index contributed by atoms with van der Waals surface area (Å²) >= 11 is 0. The fourth-order valence-corrected chi connectivity index (χ4v) is 3.78. The van der Waals surface area contributed by atoms with Crippen LogP contribution >= 0.6 is 0 Å². The molecule has 0 radical (unpaired) electrons. The molecule has 2 aliphatic heterocycles. The zero-order valence-corrected chi connectivity index (χ0v) is 17.3. The molecule has 1 atom stereocenters. The van der Waals surface area contributed by atoms with E-state index in [1.54, 1.807) is 49.6 Å². The predicted octanol–water partition coefficient (Wildman–Crippen LogP) is 2.53. The number of hydrogen-bond acceptors (Lipinski definition) is 7. The van der Waals surface area contributed by atoms with Crippen molar-refractivity contribution < 1.29 is 33.6 Å². The van der Waals surface area contributed by atoms with Gasteiger partial charge in [0.15, 0.2) is 11.5 Å². The highest BCUT2D eigenvalue weighted by Crippen LogP contribution is 2.41. The van der Waals surface area contributed by atoms with Gasteiger partial charge in [-0.1, -0.05) is 12.1 Å². The van der Waals surface area contributed by atoms with Crippen LogP contribution in [0, 0.1) is 0 Å². The molecule has 0 aromatic heterocycles. The van der Waals surface area contributed by atoms with Gasteiger partial charge < -0.3 is 29.0 Å². The summed E-state index contributed by atoms with van der Waals surface area (Å²) in [5.41, 5.74) is 1.06. The highest BCUT2D eigenvalue weighted by Gasteiger charge is 2.45. The van der Waals surface area contributed by atoms with E-state index in [-0.39, 0.29) is 24.5 Å². The van der Waals surface area contributed by atoms with Gasteiger partial charge >= 0.3 is 0 Å². The summed E-state index contributed by atoms with van der Waals surface area (Å²) in [5, 5.41) is 11.1. The van der Waals surface area contributed by atoms with Crippen molar-refractivity contribution in [3.05, 3.63) is 59.2 Å². The maximum Gasteiger partial charge on any atom is 0.295 e. The van der Waals surface area contributed by atoms with E-state index in [0.717, 1.165) is 0 Å². The molecular formula is C23H23NO7. The Labute approximate surface area is 179 Å². The second-order valence-corrected chi connectivity index (χ2v) is 7.12. The lowest BCUT2D eigenvalue weighted by Gasteiger charge is -2.25. The Morgan fingerprint density at radius 1 is 1.06 bits per heavy atom. The molecule has 1 amide bonds. The third-order valence-electron chi connectivity index (χ3n) is 5.32. The number of likely N-dealkylation sites (tertiary alicyclic amines) is 1. The van der Waals surface area contributed by atoms with E-state index in [1.165, 1.54) is 12.0 Å². The highest BCUT2D eigenvalue weighted by molar-refractivity contribution is 6.46. The van der Waals surface area contributed by atoms with Gasteiger partial charge in [0.05, 0.1) is 25.3 Å². The summed E-state index contributed by atoms with van der Waals surface area (Å²) < 4.78 is 21.4. The summed E-state index contributed by atoms with van der Waals surface area (Å²) in [7, 11) is 3.08. The van der Waals surface area contributed by atoms with Crippen molar-refractivity contribution >= 4 is 17.4 Å². The topological polar surface area (TPSA) is 94.5 Å². The number of carbonyl (C=O) groups is 2. The van der Waals surface area contributed by atoms with Crippen LogP contribution in [0.4, 0.5) is 0 Å². The van der Waals surface area contributed by atoms with Gasteiger partial charge in [-0.15, -0.1) is 0 Å². The first kappa shape index (κ1) is 20.7. The van der Waals surface area contributed by atoms with Gasteiger partial charge in [0.2, 0.25) is 0 Å². The lowest BCUT2D eigenvalue weighted by Crippen LogP contribution is -2.32. The third kappa shape index (κ3) is 3.82. The number of fused-ring (bicyclic) bond motifs is 1.